The van der Waals surface area contributed by atoms with Gasteiger partial charge in [-0.3, -0.25) is 37.3 Å². The topological polar surface area (TPSA) is 237 Å². The molecule has 0 aliphatic heterocycles. The first-order valence-electron chi connectivity index (χ1n) is 40.7. The molecule has 0 aliphatic carbocycles. The molecular formula is C79H154O17P2. The molecule has 5 atom stereocenters. The van der Waals surface area contributed by atoms with Crippen molar-refractivity contribution < 1.29 is 80.2 Å². The summed E-state index contributed by atoms with van der Waals surface area (Å²) in [4.78, 5) is 72.9. The highest BCUT2D eigenvalue weighted by atomic mass is 31.2. The monoisotopic (exact) mass is 1440 g/mol. The Morgan fingerprint density at radius 1 is 0.255 bits per heavy atom. The Bertz CT molecular complexity index is 1920. The number of rotatable bonds is 76. The van der Waals surface area contributed by atoms with E-state index >= 15 is 0 Å². The van der Waals surface area contributed by atoms with Gasteiger partial charge in [-0.1, -0.05) is 351 Å². The van der Waals surface area contributed by atoms with Crippen molar-refractivity contribution in [2.45, 2.75) is 420 Å². The van der Waals surface area contributed by atoms with Crippen LogP contribution in [0.5, 0.6) is 0 Å². The zero-order valence-electron chi connectivity index (χ0n) is 64.4. The van der Waals surface area contributed by atoms with Crippen LogP contribution in [0.25, 0.3) is 0 Å². The molecule has 0 fully saturated rings. The van der Waals surface area contributed by atoms with Gasteiger partial charge in [0.1, 0.15) is 19.3 Å². The first-order chi connectivity index (χ1) is 47.1. The molecule has 0 aromatic rings. The molecule has 0 amide bonds. The Morgan fingerprint density at radius 3 is 0.633 bits per heavy atom. The Morgan fingerprint density at radius 2 is 0.429 bits per heavy atom. The minimum Gasteiger partial charge on any atom is -0.462 e. The summed E-state index contributed by atoms with van der Waals surface area (Å²) >= 11 is 0. The van der Waals surface area contributed by atoms with Crippen molar-refractivity contribution in [2.24, 2.45) is 23.7 Å². The van der Waals surface area contributed by atoms with Crippen molar-refractivity contribution in [1.82, 2.24) is 0 Å². The van der Waals surface area contributed by atoms with E-state index in [1.807, 2.05) is 0 Å². The number of ether oxygens (including phenoxy) is 4. The molecule has 0 rings (SSSR count). The molecule has 17 nitrogen and oxygen atoms in total. The molecule has 98 heavy (non-hydrogen) atoms. The smallest absolute Gasteiger partial charge is 0.462 e. The van der Waals surface area contributed by atoms with Gasteiger partial charge in [-0.2, -0.15) is 0 Å². The number of hydrogen-bond donors (Lipinski definition) is 3. The van der Waals surface area contributed by atoms with E-state index in [2.05, 4.69) is 55.4 Å². The van der Waals surface area contributed by atoms with Gasteiger partial charge in [0, 0.05) is 25.7 Å². The summed E-state index contributed by atoms with van der Waals surface area (Å²) in [5.74, 6) is 0.932. The van der Waals surface area contributed by atoms with E-state index in [0.29, 0.717) is 31.6 Å². The van der Waals surface area contributed by atoms with Crippen LogP contribution >= 0.6 is 15.6 Å². The van der Waals surface area contributed by atoms with Crippen LogP contribution in [0.2, 0.25) is 0 Å². The highest BCUT2D eigenvalue weighted by Gasteiger charge is 2.30. The second kappa shape index (κ2) is 68.2. The van der Waals surface area contributed by atoms with Gasteiger partial charge in [0.15, 0.2) is 12.2 Å². The molecule has 0 bridgehead atoms. The van der Waals surface area contributed by atoms with Crippen molar-refractivity contribution in [3.63, 3.8) is 0 Å². The van der Waals surface area contributed by atoms with E-state index in [9.17, 15) is 43.2 Å². The zero-order valence-corrected chi connectivity index (χ0v) is 66.2. The van der Waals surface area contributed by atoms with Crippen LogP contribution in [0.1, 0.15) is 402 Å². The zero-order chi connectivity index (χ0) is 72.4. The number of aliphatic hydroxyl groups excluding tert-OH is 1. The maximum atomic E-state index is 13.1. The van der Waals surface area contributed by atoms with Crippen LogP contribution in [0.3, 0.4) is 0 Å². The van der Waals surface area contributed by atoms with Gasteiger partial charge in [0.2, 0.25) is 0 Å². The molecule has 0 radical (unpaired) electrons. The number of esters is 4. The van der Waals surface area contributed by atoms with E-state index in [1.165, 1.54) is 199 Å². The maximum absolute atomic E-state index is 13.1. The van der Waals surface area contributed by atoms with E-state index in [-0.39, 0.29) is 25.7 Å². The number of hydrogen-bond acceptors (Lipinski definition) is 15. The molecule has 3 N–H and O–H groups in total. The Kier molecular flexibility index (Phi) is 66.8. The largest absolute Gasteiger partial charge is 0.472 e. The molecular weight excluding hydrogens is 1280 g/mol. The average molecular weight is 1440 g/mol. The summed E-state index contributed by atoms with van der Waals surface area (Å²) < 4.78 is 68.6. The lowest BCUT2D eigenvalue weighted by molar-refractivity contribution is -0.161. The van der Waals surface area contributed by atoms with Gasteiger partial charge in [-0.05, 0) is 49.4 Å². The molecule has 0 heterocycles. The number of phosphoric acid groups is 2. The predicted molar refractivity (Wildman–Crippen MR) is 400 cm³/mol. The summed E-state index contributed by atoms with van der Waals surface area (Å²) in [5, 5.41) is 10.6. The third kappa shape index (κ3) is 72.4. The predicted octanol–water partition coefficient (Wildman–Crippen LogP) is 23.2. The number of aliphatic hydroxyl groups is 1. The molecule has 0 saturated heterocycles. The number of unbranched alkanes of at least 4 members (excludes halogenated alkanes) is 42. The summed E-state index contributed by atoms with van der Waals surface area (Å²) in [7, 11) is -9.92. The normalized spacial score (nSPS) is 14.1. The fourth-order valence-electron chi connectivity index (χ4n) is 12.1. The second-order valence-electron chi connectivity index (χ2n) is 30.4. The first-order valence-corrected chi connectivity index (χ1v) is 43.7. The summed E-state index contributed by atoms with van der Waals surface area (Å²) in [5.41, 5.74) is 0. The van der Waals surface area contributed by atoms with Crippen molar-refractivity contribution in [2.75, 3.05) is 39.6 Å². The molecule has 19 heteroatoms. The Balaban J connectivity index is 5.20. The summed E-state index contributed by atoms with van der Waals surface area (Å²) in [6, 6.07) is 0. The van der Waals surface area contributed by atoms with Crippen molar-refractivity contribution in [3.8, 4) is 0 Å². The molecule has 0 spiro atoms. The number of carbonyl (C=O) groups excluding carboxylic acids is 4. The highest BCUT2D eigenvalue weighted by molar-refractivity contribution is 7.47. The average Bonchev–Trinajstić information content (AvgIpc) is 1.05. The number of carbonyl (C=O) groups is 4. The minimum atomic E-state index is -4.96. The lowest BCUT2D eigenvalue weighted by Gasteiger charge is -2.21. The van der Waals surface area contributed by atoms with Crippen LogP contribution in [-0.2, 0) is 65.4 Å². The SMILES string of the molecule is CC(C)CCCCCCCCCCCCCCCCCCC(=O)O[C@H](COC(=O)CCCCCCCCCC(C)C)COP(=O)(O)OCC(O)COP(=O)(O)OC[C@@H](COC(=O)CCCCCCCCCCCCCCCCC(C)C)OC(=O)CCCCCCCCCCCC(C)C. The molecule has 0 aromatic carbocycles. The maximum Gasteiger partial charge on any atom is 0.472 e. The van der Waals surface area contributed by atoms with Crippen LogP contribution < -0.4 is 0 Å². The fraction of sp³-hybridized carbons (Fsp3) is 0.949. The number of phosphoric ester groups is 2. The van der Waals surface area contributed by atoms with E-state index < -0.39 is 97.5 Å². The van der Waals surface area contributed by atoms with E-state index in [0.717, 1.165) is 114 Å². The molecule has 0 aliphatic rings. The third-order valence-corrected chi connectivity index (χ3v) is 20.2. The van der Waals surface area contributed by atoms with Gasteiger partial charge in [-0.15, -0.1) is 0 Å². The third-order valence-electron chi connectivity index (χ3n) is 18.3. The van der Waals surface area contributed by atoms with Gasteiger partial charge < -0.3 is 33.8 Å². The van der Waals surface area contributed by atoms with Gasteiger partial charge in [-0.25, -0.2) is 9.13 Å². The fourth-order valence-corrected chi connectivity index (χ4v) is 13.7. The highest BCUT2D eigenvalue weighted by Crippen LogP contribution is 2.45. The van der Waals surface area contributed by atoms with Crippen LogP contribution in [0.15, 0.2) is 0 Å². The molecule has 3 unspecified atom stereocenters. The second-order valence-corrected chi connectivity index (χ2v) is 33.3. The van der Waals surface area contributed by atoms with Crippen LogP contribution in [0, 0.1) is 23.7 Å². The standard InChI is InChI=1S/C79H154O17P2/c1-69(2)55-47-39-31-24-19-15-11-9-10-12-18-22-28-36-45-53-61-78(83)95-75(66-90-77(82)60-52-44-38-30-34-42-50-58-72(7)8)68-94-98(87,88)92-64-73(80)63-91-97(85,86)93-67-74(96-79(84)62-54-46-37-29-23-26-33-41-49-57-71(5)6)65-89-76(81)59-51-43-35-27-21-17-14-13-16-20-25-32-40-48-56-70(3)4/h69-75,80H,9-68H2,1-8H3,(H,85,86)(H,87,88)/t73?,74-,75-/m1/s1. The van der Waals surface area contributed by atoms with Crippen molar-refractivity contribution in [3.05, 3.63) is 0 Å². The van der Waals surface area contributed by atoms with Crippen molar-refractivity contribution >= 4 is 39.5 Å². The van der Waals surface area contributed by atoms with Crippen molar-refractivity contribution in [1.29, 1.82) is 0 Å². The quantitative estimate of drug-likeness (QED) is 0.0222. The first kappa shape index (κ1) is 96.1. The molecule has 0 aromatic heterocycles. The van der Waals surface area contributed by atoms with Gasteiger partial charge in [0.05, 0.1) is 26.4 Å². The summed E-state index contributed by atoms with van der Waals surface area (Å²) in [6.45, 7) is 14.2. The Labute approximate surface area is 600 Å². The van der Waals surface area contributed by atoms with Gasteiger partial charge >= 0.3 is 39.5 Å². The Hall–Kier alpha value is -1.94. The lowest BCUT2D eigenvalue weighted by Crippen LogP contribution is -2.30. The lowest BCUT2D eigenvalue weighted by atomic mass is 10.0. The van der Waals surface area contributed by atoms with E-state index in [4.69, 9.17) is 37.0 Å². The van der Waals surface area contributed by atoms with Crippen LogP contribution in [-0.4, -0.2) is 96.7 Å². The minimum absolute atomic E-state index is 0.105. The van der Waals surface area contributed by atoms with Gasteiger partial charge in [0.25, 0.3) is 0 Å². The molecule has 582 valence electrons. The van der Waals surface area contributed by atoms with Crippen LogP contribution in [0.4, 0.5) is 0 Å². The molecule has 0 saturated carbocycles. The summed E-state index contributed by atoms with van der Waals surface area (Å²) in [6.07, 6.45) is 54.2. The van der Waals surface area contributed by atoms with E-state index in [1.54, 1.807) is 0 Å².